The molecular formula is C37H28N2. The van der Waals surface area contributed by atoms with Crippen molar-refractivity contribution in [1.82, 2.24) is 0 Å². The molecule has 0 atom stereocenters. The van der Waals surface area contributed by atoms with Gasteiger partial charge in [0.2, 0.25) is 0 Å². The van der Waals surface area contributed by atoms with Gasteiger partial charge >= 0.3 is 0 Å². The predicted molar refractivity (Wildman–Crippen MR) is 168 cm³/mol. The normalized spacial score (nSPS) is 11.2. The van der Waals surface area contributed by atoms with Crippen molar-refractivity contribution in [3.8, 4) is 0 Å². The number of hydrogen-bond acceptors (Lipinski definition) is 2. The van der Waals surface area contributed by atoms with Crippen LogP contribution in [-0.4, -0.2) is 7.05 Å². The van der Waals surface area contributed by atoms with Crippen molar-refractivity contribution in [3.05, 3.63) is 152 Å². The Morgan fingerprint density at radius 2 is 0.872 bits per heavy atom. The van der Waals surface area contributed by atoms with Crippen molar-refractivity contribution in [2.24, 2.45) is 0 Å². The monoisotopic (exact) mass is 500 g/mol. The van der Waals surface area contributed by atoms with Gasteiger partial charge in [-0.3, -0.25) is 0 Å². The number of hydrogen-bond donors (Lipinski definition) is 0. The average Bonchev–Trinajstić information content (AvgIpc) is 3.01. The van der Waals surface area contributed by atoms with Crippen molar-refractivity contribution in [2.75, 3.05) is 16.8 Å². The second-order valence-corrected chi connectivity index (χ2v) is 9.91. The minimum Gasteiger partial charge on any atom is -0.344 e. The maximum atomic E-state index is 2.35. The van der Waals surface area contributed by atoms with Gasteiger partial charge in [-0.05, 0) is 64.7 Å². The third-order valence-electron chi connectivity index (χ3n) is 7.60. The molecule has 39 heavy (non-hydrogen) atoms. The van der Waals surface area contributed by atoms with E-state index in [0.29, 0.717) is 0 Å². The summed E-state index contributed by atoms with van der Waals surface area (Å²) in [5.41, 5.74) is 5.80. The van der Waals surface area contributed by atoms with E-state index in [9.17, 15) is 0 Å². The van der Waals surface area contributed by atoms with Crippen LogP contribution < -0.4 is 9.80 Å². The molecule has 2 heteroatoms. The second-order valence-electron chi connectivity index (χ2n) is 9.91. The fourth-order valence-electron chi connectivity index (χ4n) is 5.71. The minimum absolute atomic E-state index is 1.12. The van der Waals surface area contributed by atoms with E-state index in [1.165, 1.54) is 43.7 Å². The molecule has 0 radical (unpaired) electrons. The van der Waals surface area contributed by atoms with Gasteiger partial charge in [-0.15, -0.1) is 0 Å². The Balaban J connectivity index is 1.35. The van der Waals surface area contributed by atoms with Crippen molar-refractivity contribution in [2.45, 2.75) is 0 Å². The molecule has 0 unspecified atom stereocenters. The van der Waals surface area contributed by atoms with E-state index >= 15 is 0 Å². The maximum absolute atomic E-state index is 2.35. The summed E-state index contributed by atoms with van der Waals surface area (Å²) in [6.45, 7) is 0. The van der Waals surface area contributed by atoms with E-state index in [2.05, 4.69) is 169 Å². The molecule has 0 aliphatic heterocycles. The van der Waals surface area contributed by atoms with Crippen molar-refractivity contribution >= 4 is 60.8 Å². The molecule has 7 aromatic carbocycles. The Hall–Kier alpha value is -5.08. The van der Waals surface area contributed by atoms with Crippen LogP contribution in [0.25, 0.3) is 32.3 Å². The third kappa shape index (κ3) is 4.07. The van der Waals surface area contributed by atoms with Gasteiger partial charge in [0.15, 0.2) is 0 Å². The molecule has 0 fully saturated rings. The Labute approximate surface area is 229 Å². The molecule has 0 aliphatic rings. The van der Waals surface area contributed by atoms with E-state index < -0.39 is 0 Å². The number of fused-ring (bicyclic) bond motifs is 3. The summed E-state index contributed by atoms with van der Waals surface area (Å²) >= 11 is 0. The highest BCUT2D eigenvalue weighted by molar-refractivity contribution is 6.12. The number of anilines is 5. The lowest BCUT2D eigenvalue weighted by Gasteiger charge is -2.28. The predicted octanol–water partition coefficient (Wildman–Crippen LogP) is 10.4. The Morgan fingerprint density at radius 1 is 0.385 bits per heavy atom. The summed E-state index contributed by atoms with van der Waals surface area (Å²) in [6, 6.07) is 54.2. The molecule has 0 bridgehead atoms. The van der Waals surface area contributed by atoms with E-state index in [0.717, 1.165) is 17.1 Å². The van der Waals surface area contributed by atoms with Crippen LogP contribution >= 0.6 is 0 Å². The summed E-state index contributed by atoms with van der Waals surface area (Å²) in [5, 5.41) is 7.47. The summed E-state index contributed by atoms with van der Waals surface area (Å²) in [7, 11) is 2.17. The first kappa shape index (κ1) is 23.1. The van der Waals surface area contributed by atoms with Gasteiger partial charge in [0, 0.05) is 40.3 Å². The zero-order valence-corrected chi connectivity index (χ0v) is 21.8. The summed E-state index contributed by atoms with van der Waals surface area (Å²) in [6.07, 6.45) is 0. The van der Waals surface area contributed by atoms with Gasteiger partial charge in [0.25, 0.3) is 0 Å². The molecule has 0 heterocycles. The molecular weight excluding hydrogens is 472 g/mol. The van der Waals surface area contributed by atoms with Gasteiger partial charge in [0.1, 0.15) is 0 Å². The van der Waals surface area contributed by atoms with Gasteiger partial charge < -0.3 is 9.80 Å². The maximum Gasteiger partial charge on any atom is 0.0567 e. The molecule has 186 valence electrons. The Kier molecular flexibility index (Phi) is 5.71. The summed E-state index contributed by atoms with van der Waals surface area (Å²) < 4.78 is 0. The molecule has 7 aromatic rings. The highest BCUT2D eigenvalue weighted by atomic mass is 15.1. The van der Waals surface area contributed by atoms with Gasteiger partial charge in [-0.25, -0.2) is 0 Å². The molecule has 0 aromatic heterocycles. The molecule has 0 saturated carbocycles. The quantitative estimate of drug-likeness (QED) is 0.217. The molecule has 0 spiro atoms. The first-order valence-electron chi connectivity index (χ1n) is 13.4. The van der Waals surface area contributed by atoms with Gasteiger partial charge in [0.05, 0.1) is 11.4 Å². The molecule has 0 saturated heterocycles. The van der Waals surface area contributed by atoms with Crippen molar-refractivity contribution in [1.29, 1.82) is 0 Å². The minimum atomic E-state index is 1.12. The smallest absolute Gasteiger partial charge is 0.0567 e. The molecule has 0 amide bonds. The lowest BCUT2D eigenvalue weighted by atomic mass is 10.00. The molecule has 2 nitrogen and oxygen atoms in total. The first-order chi connectivity index (χ1) is 19.3. The number of benzene rings is 7. The van der Waals surface area contributed by atoms with Crippen LogP contribution in [0.5, 0.6) is 0 Å². The highest BCUT2D eigenvalue weighted by Gasteiger charge is 2.17. The van der Waals surface area contributed by atoms with Crippen LogP contribution in [0, 0.1) is 0 Å². The van der Waals surface area contributed by atoms with E-state index in [-0.39, 0.29) is 0 Å². The number of rotatable bonds is 5. The fourth-order valence-corrected chi connectivity index (χ4v) is 5.71. The summed E-state index contributed by atoms with van der Waals surface area (Å²) in [4.78, 5) is 4.67. The van der Waals surface area contributed by atoms with Crippen LogP contribution in [-0.2, 0) is 0 Å². The molecule has 0 aliphatic carbocycles. The van der Waals surface area contributed by atoms with E-state index in [4.69, 9.17) is 0 Å². The Morgan fingerprint density at radius 3 is 1.54 bits per heavy atom. The van der Waals surface area contributed by atoms with Crippen LogP contribution in [0.1, 0.15) is 0 Å². The average molecular weight is 501 g/mol. The van der Waals surface area contributed by atoms with E-state index in [1.807, 2.05) is 0 Å². The zero-order valence-electron chi connectivity index (χ0n) is 21.8. The summed E-state index contributed by atoms with van der Waals surface area (Å²) in [5.74, 6) is 0. The zero-order chi connectivity index (χ0) is 26.2. The third-order valence-corrected chi connectivity index (χ3v) is 7.60. The van der Waals surface area contributed by atoms with Crippen LogP contribution in [0.4, 0.5) is 28.4 Å². The standard InChI is InChI=1S/C37H28N2/c1-38(37-34-19-9-6-13-28(34)26-29-14-7-10-20-35(29)37)30-22-24-32(25-23-30)39(31-16-3-2-4-17-31)36-21-11-15-27-12-5-8-18-33(27)36/h2-26H,1H3. The van der Waals surface area contributed by atoms with Crippen molar-refractivity contribution in [3.63, 3.8) is 0 Å². The lowest BCUT2D eigenvalue weighted by Crippen LogP contribution is -2.12. The van der Waals surface area contributed by atoms with Crippen LogP contribution in [0.15, 0.2) is 152 Å². The Bertz CT molecular complexity index is 1860. The van der Waals surface area contributed by atoms with Crippen molar-refractivity contribution < 1.29 is 0 Å². The lowest BCUT2D eigenvalue weighted by molar-refractivity contribution is 1.22. The van der Waals surface area contributed by atoms with Crippen LogP contribution in [0.3, 0.4) is 0 Å². The fraction of sp³-hybridized carbons (Fsp3) is 0.0270. The number of para-hydroxylation sites is 1. The SMILES string of the molecule is CN(c1ccc(N(c2ccccc2)c2cccc3ccccc23)cc1)c1c2ccccc2cc2ccccc12. The molecule has 7 rings (SSSR count). The van der Waals surface area contributed by atoms with E-state index in [1.54, 1.807) is 0 Å². The first-order valence-corrected chi connectivity index (χ1v) is 13.4. The van der Waals surface area contributed by atoms with Crippen LogP contribution in [0.2, 0.25) is 0 Å². The number of nitrogens with zero attached hydrogens (tertiary/aromatic N) is 2. The second kappa shape index (κ2) is 9.66. The molecule has 0 N–H and O–H groups in total. The van der Waals surface area contributed by atoms with Gasteiger partial charge in [-0.2, -0.15) is 0 Å². The largest absolute Gasteiger partial charge is 0.344 e. The topological polar surface area (TPSA) is 6.48 Å². The highest BCUT2D eigenvalue weighted by Crippen LogP contribution is 2.41. The van der Waals surface area contributed by atoms with Gasteiger partial charge in [-0.1, -0.05) is 103 Å².